The zero-order valence-corrected chi connectivity index (χ0v) is 10.0. The van der Waals surface area contributed by atoms with E-state index in [-0.39, 0.29) is 0 Å². The van der Waals surface area contributed by atoms with E-state index in [9.17, 15) is 0 Å². The van der Waals surface area contributed by atoms with Crippen molar-refractivity contribution in [2.45, 2.75) is 27.2 Å². The van der Waals surface area contributed by atoms with E-state index in [1.54, 1.807) is 0 Å². The second-order valence-corrected chi connectivity index (χ2v) is 2.77. The van der Waals surface area contributed by atoms with Gasteiger partial charge in [-0.05, 0) is 18.6 Å². The predicted molar refractivity (Wildman–Crippen MR) is 64.4 cm³/mol. The van der Waals surface area contributed by atoms with E-state index in [2.05, 4.69) is 6.92 Å². The van der Waals surface area contributed by atoms with Crippen LogP contribution in [0.5, 0.6) is 5.75 Å². The third-order valence-corrected chi connectivity index (χ3v) is 1.59. The number of benzene rings is 1. The van der Waals surface area contributed by atoms with E-state index < -0.39 is 0 Å². The lowest BCUT2D eigenvalue weighted by molar-refractivity contribution is 0.101. The van der Waals surface area contributed by atoms with Crippen molar-refractivity contribution in [1.29, 1.82) is 0 Å². The second-order valence-electron chi connectivity index (χ2n) is 2.77. The summed E-state index contributed by atoms with van der Waals surface area (Å²) < 4.78 is 10.7. The average molecular weight is 210 g/mol. The molecule has 0 aromatic heterocycles. The summed E-state index contributed by atoms with van der Waals surface area (Å²) in [4.78, 5) is 0. The molecule has 0 N–H and O–H groups in total. The highest BCUT2D eigenvalue weighted by atomic mass is 16.5. The Morgan fingerprint density at radius 2 is 1.60 bits per heavy atom. The van der Waals surface area contributed by atoms with Gasteiger partial charge in [0.2, 0.25) is 0 Å². The topological polar surface area (TPSA) is 18.5 Å². The zero-order chi connectivity index (χ0) is 11.4. The van der Waals surface area contributed by atoms with Gasteiger partial charge in [0.15, 0.2) is 0 Å². The highest BCUT2D eigenvalue weighted by Crippen LogP contribution is 2.07. The molecule has 1 aromatic carbocycles. The maximum atomic E-state index is 5.43. The summed E-state index contributed by atoms with van der Waals surface area (Å²) >= 11 is 0. The Morgan fingerprint density at radius 1 is 0.933 bits per heavy atom. The number of rotatable bonds is 6. The summed E-state index contributed by atoms with van der Waals surface area (Å²) in [5, 5.41) is 0. The van der Waals surface area contributed by atoms with Gasteiger partial charge >= 0.3 is 0 Å². The molecule has 0 atom stereocenters. The molecule has 2 heteroatoms. The van der Waals surface area contributed by atoms with Crippen LogP contribution in [0.4, 0.5) is 0 Å². The van der Waals surface area contributed by atoms with E-state index in [1.807, 2.05) is 44.2 Å². The first-order valence-corrected chi connectivity index (χ1v) is 5.69. The Bertz CT molecular complexity index is 209. The first-order chi connectivity index (χ1) is 7.43. The normalized spacial score (nSPS) is 9.00. The van der Waals surface area contributed by atoms with Crippen LogP contribution in [0.2, 0.25) is 0 Å². The maximum absolute atomic E-state index is 5.43. The monoisotopic (exact) mass is 210 g/mol. The summed E-state index contributed by atoms with van der Waals surface area (Å²) in [7, 11) is 0. The van der Waals surface area contributed by atoms with E-state index in [1.165, 1.54) is 0 Å². The van der Waals surface area contributed by atoms with Crippen LogP contribution in [0, 0.1) is 0 Å². The van der Waals surface area contributed by atoms with E-state index in [4.69, 9.17) is 9.47 Å². The summed E-state index contributed by atoms with van der Waals surface area (Å²) in [6, 6.07) is 9.78. The van der Waals surface area contributed by atoms with Gasteiger partial charge in [0, 0.05) is 6.61 Å². The number of hydrogen-bond donors (Lipinski definition) is 0. The van der Waals surface area contributed by atoms with E-state index in [0.29, 0.717) is 13.2 Å². The summed E-state index contributed by atoms with van der Waals surface area (Å²) in [5.41, 5.74) is 0. The third-order valence-electron chi connectivity index (χ3n) is 1.59. The largest absolute Gasteiger partial charge is 0.491 e. The molecule has 0 fully saturated rings. The van der Waals surface area contributed by atoms with Gasteiger partial charge in [0.25, 0.3) is 0 Å². The van der Waals surface area contributed by atoms with Crippen molar-refractivity contribution in [3.05, 3.63) is 30.3 Å². The Labute approximate surface area is 93.2 Å². The summed E-state index contributed by atoms with van der Waals surface area (Å²) in [6.07, 6.45) is 1.06. The molecular formula is C13H22O2. The molecule has 0 amide bonds. The smallest absolute Gasteiger partial charge is 0.119 e. The number of ether oxygens (including phenoxy) is 2. The van der Waals surface area contributed by atoms with Gasteiger partial charge in [-0.25, -0.2) is 0 Å². The minimum absolute atomic E-state index is 0.629. The van der Waals surface area contributed by atoms with Gasteiger partial charge in [-0.3, -0.25) is 0 Å². The van der Waals surface area contributed by atoms with Crippen molar-refractivity contribution in [1.82, 2.24) is 0 Å². The Balaban J connectivity index is 0.000000921. The van der Waals surface area contributed by atoms with Gasteiger partial charge < -0.3 is 9.47 Å². The molecule has 0 aliphatic rings. The Morgan fingerprint density at radius 3 is 2.20 bits per heavy atom. The van der Waals surface area contributed by atoms with Crippen LogP contribution in [0.1, 0.15) is 27.2 Å². The highest BCUT2D eigenvalue weighted by molar-refractivity contribution is 5.20. The molecule has 1 rings (SSSR count). The second kappa shape index (κ2) is 11.1. The van der Waals surface area contributed by atoms with Gasteiger partial charge in [0.1, 0.15) is 12.4 Å². The Kier molecular flexibility index (Phi) is 10.3. The summed E-state index contributed by atoms with van der Waals surface area (Å²) in [5.74, 6) is 0.905. The molecule has 1 aromatic rings. The standard InChI is InChI=1S/C11H16O2.C2H6/c1-2-8-12-9-10-13-11-6-4-3-5-7-11;1-2/h3-7H,2,8-10H2,1H3;1-2H3. The van der Waals surface area contributed by atoms with Crippen LogP contribution in [-0.2, 0) is 4.74 Å². The minimum atomic E-state index is 0.629. The van der Waals surface area contributed by atoms with Crippen molar-refractivity contribution in [3.63, 3.8) is 0 Å². The molecule has 0 bridgehead atoms. The number of para-hydroxylation sites is 1. The maximum Gasteiger partial charge on any atom is 0.119 e. The molecule has 0 spiro atoms. The quantitative estimate of drug-likeness (QED) is 0.669. The van der Waals surface area contributed by atoms with E-state index in [0.717, 1.165) is 18.8 Å². The first kappa shape index (κ1) is 14.0. The van der Waals surface area contributed by atoms with Crippen molar-refractivity contribution in [2.24, 2.45) is 0 Å². The highest BCUT2D eigenvalue weighted by Gasteiger charge is 1.90. The van der Waals surface area contributed by atoms with Crippen molar-refractivity contribution < 1.29 is 9.47 Å². The Hall–Kier alpha value is -1.02. The predicted octanol–water partition coefficient (Wildman–Crippen LogP) is 3.52. The fourth-order valence-electron chi connectivity index (χ4n) is 0.982. The molecule has 0 unspecified atom stereocenters. The SMILES string of the molecule is CC.CCCOCCOc1ccccc1. The molecule has 2 nitrogen and oxygen atoms in total. The van der Waals surface area contributed by atoms with Gasteiger partial charge in [0.05, 0.1) is 6.61 Å². The molecule has 0 aliphatic carbocycles. The minimum Gasteiger partial charge on any atom is -0.491 e. The van der Waals surface area contributed by atoms with Crippen LogP contribution >= 0.6 is 0 Å². The van der Waals surface area contributed by atoms with Crippen molar-refractivity contribution >= 4 is 0 Å². The van der Waals surface area contributed by atoms with Crippen LogP contribution in [0.3, 0.4) is 0 Å². The molecule has 0 radical (unpaired) electrons. The molecule has 0 saturated carbocycles. The average Bonchev–Trinajstić information content (AvgIpc) is 2.33. The molecule has 86 valence electrons. The lowest BCUT2D eigenvalue weighted by Gasteiger charge is -2.05. The van der Waals surface area contributed by atoms with Crippen molar-refractivity contribution in [3.8, 4) is 5.75 Å². The fourth-order valence-corrected chi connectivity index (χ4v) is 0.982. The lowest BCUT2D eigenvalue weighted by atomic mass is 10.3. The van der Waals surface area contributed by atoms with Gasteiger partial charge in [-0.1, -0.05) is 39.0 Å². The lowest BCUT2D eigenvalue weighted by Crippen LogP contribution is -2.06. The molecule has 0 saturated heterocycles. The molecule has 0 aliphatic heterocycles. The molecule has 15 heavy (non-hydrogen) atoms. The van der Waals surface area contributed by atoms with Gasteiger partial charge in [-0.2, -0.15) is 0 Å². The van der Waals surface area contributed by atoms with Crippen LogP contribution in [0.15, 0.2) is 30.3 Å². The van der Waals surface area contributed by atoms with Crippen LogP contribution < -0.4 is 4.74 Å². The van der Waals surface area contributed by atoms with Crippen LogP contribution in [0.25, 0.3) is 0 Å². The molecular weight excluding hydrogens is 188 g/mol. The van der Waals surface area contributed by atoms with Crippen molar-refractivity contribution in [2.75, 3.05) is 19.8 Å². The zero-order valence-electron chi connectivity index (χ0n) is 10.0. The fraction of sp³-hybridized carbons (Fsp3) is 0.538. The third kappa shape index (κ3) is 8.01. The van der Waals surface area contributed by atoms with Crippen LogP contribution in [-0.4, -0.2) is 19.8 Å². The van der Waals surface area contributed by atoms with Gasteiger partial charge in [-0.15, -0.1) is 0 Å². The summed E-state index contributed by atoms with van der Waals surface area (Å²) in [6.45, 7) is 8.21. The molecule has 0 heterocycles. The van der Waals surface area contributed by atoms with E-state index >= 15 is 0 Å². The number of hydrogen-bond acceptors (Lipinski definition) is 2. The first-order valence-electron chi connectivity index (χ1n) is 5.69.